The maximum Gasteiger partial charge on any atom is 0.186 e. The Morgan fingerprint density at radius 1 is 1.53 bits per heavy atom. The summed E-state index contributed by atoms with van der Waals surface area (Å²) in [5, 5.41) is 0.918. The van der Waals surface area contributed by atoms with Crippen molar-refractivity contribution in [1.29, 1.82) is 0 Å². The highest BCUT2D eigenvalue weighted by molar-refractivity contribution is 7.17. The van der Waals surface area contributed by atoms with E-state index in [4.69, 9.17) is 0 Å². The molecule has 1 aromatic heterocycles. The Balaban J connectivity index is 3.01. The van der Waals surface area contributed by atoms with E-state index in [-0.39, 0.29) is 5.54 Å². The normalized spacial score (nSPS) is 11.5. The molecule has 0 unspecified atom stereocenters. The molecule has 84 valence electrons. The third-order valence-corrected chi connectivity index (χ3v) is 4.15. The van der Waals surface area contributed by atoms with E-state index in [1.54, 1.807) is 0 Å². The number of anilines is 1. The van der Waals surface area contributed by atoms with E-state index in [0.717, 1.165) is 28.4 Å². The number of aryl methyl sites for hydroxylation is 1. The van der Waals surface area contributed by atoms with Gasteiger partial charge in [0.25, 0.3) is 0 Å². The number of hydrogen-bond donors (Lipinski definition) is 0. The number of aldehydes is 1. The molecule has 0 radical (unpaired) electrons. The van der Waals surface area contributed by atoms with Gasteiger partial charge >= 0.3 is 0 Å². The zero-order valence-corrected chi connectivity index (χ0v) is 10.8. The third-order valence-electron chi connectivity index (χ3n) is 2.99. The van der Waals surface area contributed by atoms with Gasteiger partial charge in [0.1, 0.15) is 0 Å². The maximum atomic E-state index is 10.7. The zero-order chi connectivity index (χ0) is 11.6. The average Bonchev–Trinajstić information content (AvgIpc) is 2.58. The first kappa shape index (κ1) is 12.2. The molecule has 0 N–H and O–H groups in total. The summed E-state index contributed by atoms with van der Waals surface area (Å²) in [6.07, 6.45) is 1.92. The minimum atomic E-state index is 0.0739. The average molecular weight is 226 g/mol. The van der Waals surface area contributed by atoms with Gasteiger partial charge in [-0.15, -0.1) is 0 Å². The lowest BCUT2D eigenvalue weighted by atomic mass is 10.0. The van der Waals surface area contributed by atoms with E-state index in [2.05, 4.69) is 30.7 Å². The molecule has 1 heterocycles. The fraction of sp³-hybridized carbons (Fsp3) is 0.636. The molecule has 1 rings (SSSR count). The predicted octanol–water partition coefficient (Wildman–Crippen LogP) is 2.89. The fourth-order valence-electron chi connectivity index (χ4n) is 1.14. The molecule has 0 aliphatic carbocycles. The number of carbonyl (C=O) groups excluding carboxylic acids is 1. The monoisotopic (exact) mass is 226 g/mol. The molecule has 0 saturated heterocycles. The molecular formula is C11H18N2OS. The number of hydrogen-bond acceptors (Lipinski definition) is 4. The summed E-state index contributed by atoms with van der Waals surface area (Å²) >= 11 is 1.46. The minimum Gasteiger partial charge on any atom is -0.346 e. The van der Waals surface area contributed by atoms with Crippen molar-refractivity contribution >= 4 is 22.8 Å². The van der Waals surface area contributed by atoms with Gasteiger partial charge < -0.3 is 4.90 Å². The van der Waals surface area contributed by atoms with Crippen LogP contribution in [0.1, 0.15) is 42.6 Å². The molecule has 0 bridgehead atoms. The first-order valence-corrected chi connectivity index (χ1v) is 5.90. The first-order chi connectivity index (χ1) is 6.92. The molecule has 0 saturated carbocycles. The van der Waals surface area contributed by atoms with Crippen LogP contribution in [0.5, 0.6) is 0 Å². The second kappa shape index (κ2) is 4.31. The number of nitrogens with zero attached hydrogens (tertiary/aromatic N) is 2. The molecule has 0 amide bonds. The smallest absolute Gasteiger partial charge is 0.186 e. The lowest BCUT2D eigenvalue weighted by molar-refractivity contribution is 0.112. The Hall–Kier alpha value is -0.900. The van der Waals surface area contributed by atoms with E-state index in [9.17, 15) is 4.79 Å². The van der Waals surface area contributed by atoms with Gasteiger partial charge in [0.15, 0.2) is 11.4 Å². The molecule has 0 aliphatic heterocycles. The minimum absolute atomic E-state index is 0.0739. The Morgan fingerprint density at radius 3 is 2.53 bits per heavy atom. The number of carbonyl (C=O) groups is 1. The van der Waals surface area contributed by atoms with Crippen molar-refractivity contribution in [3.63, 3.8) is 0 Å². The molecule has 4 heteroatoms. The van der Waals surface area contributed by atoms with Crippen molar-refractivity contribution < 1.29 is 4.79 Å². The quantitative estimate of drug-likeness (QED) is 0.740. The standard InChI is InChI=1S/C11H18N2OS/c1-6-11(3,4)13(5)10-12-8(2)9(7-14)15-10/h7H,6H2,1-5H3. The Bertz CT molecular complexity index is 357. The van der Waals surface area contributed by atoms with Crippen molar-refractivity contribution in [2.75, 3.05) is 11.9 Å². The van der Waals surface area contributed by atoms with Gasteiger partial charge in [-0.1, -0.05) is 18.3 Å². The van der Waals surface area contributed by atoms with E-state index in [0.29, 0.717) is 0 Å². The van der Waals surface area contributed by atoms with Crippen LogP contribution in [0.25, 0.3) is 0 Å². The van der Waals surface area contributed by atoms with Crippen molar-refractivity contribution in [3.05, 3.63) is 10.6 Å². The van der Waals surface area contributed by atoms with Crippen molar-refractivity contribution in [2.24, 2.45) is 0 Å². The van der Waals surface area contributed by atoms with E-state index >= 15 is 0 Å². The summed E-state index contributed by atoms with van der Waals surface area (Å²) in [6.45, 7) is 8.36. The first-order valence-electron chi connectivity index (χ1n) is 5.08. The molecule has 3 nitrogen and oxygen atoms in total. The van der Waals surface area contributed by atoms with Crippen LogP contribution in [0, 0.1) is 6.92 Å². The van der Waals surface area contributed by atoms with Crippen LogP contribution < -0.4 is 4.90 Å². The van der Waals surface area contributed by atoms with Crippen LogP contribution in [0.2, 0.25) is 0 Å². The van der Waals surface area contributed by atoms with Gasteiger partial charge in [-0.05, 0) is 27.2 Å². The van der Waals surface area contributed by atoms with Gasteiger partial charge in [0.05, 0.1) is 10.6 Å². The van der Waals surface area contributed by atoms with E-state index < -0.39 is 0 Å². The summed E-state index contributed by atoms with van der Waals surface area (Å²) < 4.78 is 0. The number of rotatable bonds is 4. The molecule has 0 atom stereocenters. The Labute approximate surface area is 95.1 Å². The van der Waals surface area contributed by atoms with E-state index in [1.807, 2.05) is 14.0 Å². The molecular weight excluding hydrogens is 208 g/mol. The van der Waals surface area contributed by atoms with Gasteiger partial charge in [-0.3, -0.25) is 4.79 Å². The van der Waals surface area contributed by atoms with Crippen LogP contribution in [0.15, 0.2) is 0 Å². The number of aromatic nitrogens is 1. The van der Waals surface area contributed by atoms with Crippen LogP contribution in [0.3, 0.4) is 0 Å². The highest BCUT2D eigenvalue weighted by atomic mass is 32.1. The van der Waals surface area contributed by atoms with Gasteiger partial charge in [-0.25, -0.2) is 4.98 Å². The Morgan fingerprint density at radius 2 is 2.13 bits per heavy atom. The topological polar surface area (TPSA) is 33.2 Å². The highest BCUT2D eigenvalue weighted by Crippen LogP contribution is 2.29. The summed E-state index contributed by atoms with van der Waals surface area (Å²) in [6, 6.07) is 0. The fourth-order valence-corrected chi connectivity index (χ4v) is 2.15. The van der Waals surface area contributed by atoms with E-state index in [1.165, 1.54) is 11.3 Å². The summed E-state index contributed by atoms with van der Waals surface area (Å²) in [7, 11) is 2.02. The van der Waals surface area contributed by atoms with Gasteiger partial charge in [0, 0.05) is 12.6 Å². The van der Waals surface area contributed by atoms with Crippen LogP contribution >= 0.6 is 11.3 Å². The summed E-state index contributed by atoms with van der Waals surface area (Å²) in [5.41, 5.74) is 0.897. The van der Waals surface area contributed by atoms with Crippen LogP contribution in [-0.4, -0.2) is 23.9 Å². The molecule has 0 aromatic carbocycles. The van der Waals surface area contributed by atoms with Crippen molar-refractivity contribution in [2.45, 2.75) is 39.7 Å². The lowest BCUT2D eigenvalue weighted by Gasteiger charge is -2.34. The largest absolute Gasteiger partial charge is 0.346 e. The summed E-state index contributed by atoms with van der Waals surface area (Å²) in [5.74, 6) is 0. The Kier molecular flexibility index (Phi) is 3.50. The second-order valence-corrected chi connectivity index (χ2v) is 5.30. The summed E-state index contributed by atoms with van der Waals surface area (Å²) in [4.78, 5) is 18.0. The molecule has 0 fully saturated rings. The molecule has 0 aliphatic rings. The van der Waals surface area contributed by atoms with Crippen molar-refractivity contribution in [1.82, 2.24) is 4.98 Å². The van der Waals surface area contributed by atoms with Crippen molar-refractivity contribution in [3.8, 4) is 0 Å². The molecule has 15 heavy (non-hydrogen) atoms. The van der Waals surface area contributed by atoms with Gasteiger partial charge in [0.2, 0.25) is 0 Å². The third kappa shape index (κ3) is 2.37. The highest BCUT2D eigenvalue weighted by Gasteiger charge is 2.24. The number of thiazole rings is 1. The zero-order valence-electron chi connectivity index (χ0n) is 10.00. The SMILES string of the molecule is CCC(C)(C)N(C)c1nc(C)c(C=O)s1. The van der Waals surface area contributed by atoms with Gasteiger partial charge in [-0.2, -0.15) is 0 Å². The van der Waals surface area contributed by atoms with Crippen LogP contribution in [0.4, 0.5) is 5.13 Å². The molecule has 0 spiro atoms. The maximum absolute atomic E-state index is 10.7. The predicted molar refractivity (Wildman–Crippen MR) is 65.0 cm³/mol. The second-order valence-electron chi connectivity index (χ2n) is 4.29. The molecule has 1 aromatic rings. The van der Waals surface area contributed by atoms with Crippen LogP contribution in [-0.2, 0) is 0 Å². The lowest BCUT2D eigenvalue weighted by Crippen LogP contribution is -2.40.